The summed E-state index contributed by atoms with van der Waals surface area (Å²) in [6.07, 6.45) is 3.18. The average Bonchev–Trinajstić information content (AvgIpc) is 3.54. The highest BCUT2D eigenvalue weighted by atomic mass is 127. The van der Waals surface area contributed by atoms with Crippen molar-refractivity contribution in [1.29, 1.82) is 0 Å². The van der Waals surface area contributed by atoms with E-state index in [0.29, 0.717) is 24.6 Å². The minimum Gasteiger partial charge on any atom is -0.461 e. The smallest absolute Gasteiger partial charge is 0.216 e. The zero-order valence-corrected chi connectivity index (χ0v) is 20.9. The first kappa shape index (κ1) is 23.4. The van der Waals surface area contributed by atoms with Crippen LogP contribution in [0.25, 0.3) is 11.6 Å². The quantitative estimate of drug-likeness (QED) is 0.259. The van der Waals surface area contributed by atoms with Crippen LogP contribution in [0.2, 0.25) is 0 Å². The number of aryl methyl sites for hydroxylation is 1. The van der Waals surface area contributed by atoms with Gasteiger partial charge in [-0.1, -0.05) is 6.92 Å². The van der Waals surface area contributed by atoms with Gasteiger partial charge in [0.25, 0.3) is 0 Å². The fourth-order valence-electron chi connectivity index (χ4n) is 3.24. The fourth-order valence-corrected chi connectivity index (χ4v) is 4.04. The second-order valence-corrected chi connectivity index (χ2v) is 7.62. The lowest BCUT2D eigenvalue weighted by Gasteiger charge is -2.36. The Morgan fingerprint density at radius 2 is 2.10 bits per heavy atom. The number of hydrogen-bond acceptors (Lipinski definition) is 8. The van der Waals surface area contributed by atoms with Crippen molar-refractivity contribution < 1.29 is 4.42 Å². The molecule has 1 saturated heterocycles. The lowest BCUT2D eigenvalue weighted by atomic mass is 10.3. The third kappa shape index (κ3) is 5.93. The van der Waals surface area contributed by atoms with E-state index in [1.165, 1.54) is 11.5 Å². The highest BCUT2D eigenvalue weighted by Gasteiger charge is 2.22. The van der Waals surface area contributed by atoms with Gasteiger partial charge in [-0.3, -0.25) is 10.1 Å². The molecule has 0 aliphatic carbocycles. The Kier molecular flexibility index (Phi) is 8.63. The van der Waals surface area contributed by atoms with E-state index < -0.39 is 0 Å². The fraction of sp³-hybridized carbons (Fsp3) is 0.526. The van der Waals surface area contributed by atoms with E-state index in [2.05, 4.69) is 53.5 Å². The summed E-state index contributed by atoms with van der Waals surface area (Å²) in [7, 11) is 0. The van der Waals surface area contributed by atoms with Gasteiger partial charge in [0.15, 0.2) is 11.7 Å². The van der Waals surface area contributed by atoms with Crippen molar-refractivity contribution in [1.82, 2.24) is 34.8 Å². The van der Waals surface area contributed by atoms with Crippen LogP contribution >= 0.6 is 35.5 Å². The number of furan rings is 1. The molecule has 0 aromatic carbocycles. The van der Waals surface area contributed by atoms with E-state index in [1.54, 1.807) is 6.26 Å². The molecule has 0 radical (unpaired) electrons. The first-order chi connectivity index (χ1) is 14.8. The zero-order chi connectivity index (χ0) is 20.8. The third-order valence-electron chi connectivity index (χ3n) is 4.84. The normalized spacial score (nSPS) is 14.6. The summed E-state index contributed by atoms with van der Waals surface area (Å²) in [5, 5.41) is 11.6. The molecule has 4 rings (SSSR count). The van der Waals surface area contributed by atoms with Gasteiger partial charge in [-0.25, -0.2) is 9.97 Å². The molecule has 3 aromatic heterocycles. The number of aromatic amines is 1. The van der Waals surface area contributed by atoms with Gasteiger partial charge in [-0.15, -0.1) is 24.0 Å². The van der Waals surface area contributed by atoms with Crippen LogP contribution < -0.4 is 10.2 Å². The summed E-state index contributed by atoms with van der Waals surface area (Å²) in [6.45, 7) is 9.27. The van der Waals surface area contributed by atoms with Crippen molar-refractivity contribution in [3.8, 4) is 11.6 Å². The Bertz CT molecular complexity index is 947. The molecule has 0 spiro atoms. The molecule has 1 aliphatic rings. The standard InChI is InChI=1S/C19H27N9OS.HI/c1-3-15-23-19(30-26-15)28-11-9-27(10-12-28)18(20-4-2)21-8-7-16-22-17(25-24-16)14-6-5-13-29-14;/h5-6,13H,3-4,7-12H2,1-2H3,(H,20,21)(H,22,24,25);1H. The van der Waals surface area contributed by atoms with Gasteiger partial charge in [-0.2, -0.15) is 9.47 Å². The van der Waals surface area contributed by atoms with E-state index in [1.807, 2.05) is 12.1 Å². The second-order valence-electron chi connectivity index (χ2n) is 6.89. The van der Waals surface area contributed by atoms with Crippen molar-refractivity contribution in [3.63, 3.8) is 0 Å². The molecular weight excluding hydrogens is 529 g/mol. The molecule has 12 heteroatoms. The van der Waals surface area contributed by atoms with Gasteiger partial charge in [0.1, 0.15) is 11.6 Å². The first-order valence-electron chi connectivity index (χ1n) is 10.3. The lowest BCUT2D eigenvalue weighted by molar-refractivity contribution is 0.372. The summed E-state index contributed by atoms with van der Waals surface area (Å²) in [5.41, 5.74) is 0. The van der Waals surface area contributed by atoms with Crippen LogP contribution in [0, 0.1) is 0 Å². The predicted octanol–water partition coefficient (Wildman–Crippen LogP) is 2.43. The highest BCUT2D eigenvalue weighted by molar-refractivity contribution is 14.0. The average molecular weight is 557 g/mol. The maximum absolute atomic E-state index is 5.33. The van der Waals surface area contributed by atoms with Crippen molar-refractivity contribution in [2.24, 2.45) is 4.99 Å². The molecule has 0 unspecified atom stereocenters. The number of rotatable bonds is 7. The molecule has 10 nitrogen and oxygen atoms in total. The summed E-state index contributed by atoms with van der Waals surface area (Å²) in [4.78, 5) is 18.5. The third-order valence-corrected chi connectivity index (χ3v) is 5.66. The van der Waals surface area contributed by atoms with E-state index in [-0.39, 0.29) is 24.0 Å². The van der Waals surface area contributed by atoms with Gasteiger partial charge in [-0.05, 0) is 19.1 Å². The number of guanidine groups is 1. The van der Waals surface area contributed by atoms with Crippen molar-refractivity contribution >= 4 is 46.6 Å². The van der Waals surface area contributed by atoms with Crippen molar-refractivity contribution in [3.05, 3.63) is 30.0 Å². The van der Waals surface area contributed by atoms with E-state index >= 15 is 0 Å². The van der Waals surface area contributed by atoms with Crippen LogP contribution in [0.5, 0.6) is 0 Å². The summed E-state index contributed by atoms with van der Waals surface area (Å²) < 4.78 is 9.73. The Labute approximate surface area is 202 Å². The van der Waals surface area contributed by atoms with Gasteiger partial charge in [0, 0.05) is 63.6 Å². The number of H-pyrrole nitrogens is 1. The molecule has 4 heterocycles. The van der Waals surface area contributed by atoms with Gasteiger partial charge >= 0.3 is 0 Å². The Balaban J connectivity index is 0.00000272. The maximum Gasteiger partial charge on any atom is 0.216 e. The second kappa shape index (κ2) is 11.4. The molecule has 31 heavy (non-hydrogen) atoms. The molecule has 3 aromatic rings. The molecule has 0 bridgehead atoms. The number of hydrogen-bond donors (Lipinski definition) is 2. The largest absolute Gasteiger partial charge is 0.461 e. The number of aliphatic imine (C=N–C) groups is 1. The Hall–Kier alpha value is -2.22. The number of piperazine rings is 1. The Morgan fingerprint density at radius 3 is 2.77 bits per heavy atom. The summed E-state index contributed by atoms with van der Waals surface area (Å²) >= 11 is 1.49. The van der Waals surface area contributed by atoms with Crippen molar-refractivity contribution in [2.45, 2.75) is 26.7 Å². The summed E-state index contributed by atoms with van der Waals surface area (Å²) in [5.74, 6) is 3.90. The maximum atomic E-state index is 5.33. The van der Waals surface area contributed by atoms with Crippen LogP contribution in [-0.2, 0) is 12.8 Å². The van der Waals surface area contributed by atoms with E-state index in [9.17, 15) is 0 Å². The molecule has 0 amide bonds. The summed E-state index contributed by atoms with van der Waals surface area (Å²) in [6, 6.07) is 3.67. The van der Waals surface area contributed by atoms with Gasteiger partial charge in [0.05, 0.1) is 6.26 Å². The van der Waals surface area contributed by atoms with Gasteiger partial charge < -0.3 is 19.5 Å². The molecule has 2 N–H and O–H groups in total. The van der Waals surface area contributed by atoms with Crippen molar-refractivity contribution in [2.75, 3.05) is 44.2 Å². The SMILES string of the molecule is CCNC(=NCCc1nc(-c2ccco2)n[nH]1)N1CCN(c2nc(CC)ns2)CC1.I. The number of halogens is 1. The minimum atomic E-state index is 0. The first-order valence-corrected chi connectivity index (χ1v) is 11.1. The molecule has 168 valence electrons. The van der Waals surface area contributed by atoms with Gasteiger partial charge in [0.2, 0.25) is 11.0 Å². The molecular formula is C19H28IN9OS. The molecule has 0 saturated carbocycles. The lowest BCUT2D eigenvalue weighted by Crippen LogP contribution is -2.52. The van der Waals surface area contributed by atoms with Crippen LogP contribution in [0.4, 0.5) is 5.13 Å². The molecule has 1 fully saturated rings. The monoisotopic (exact) mass is 557 g/mol. The van der Waals surface area contributed by atoms with Crippen LogP contribution in [0.3, 0.4) is 0 Å². The van der Waals surface area contributed by atoms with E-state index in [0.717, 1.165) is 61.9 Å². The number of aromatic nitrogens is 5. The topological polar surface area (TPSA) is 111 Å². The van der Waals surface area contributed by atoms with Crippen LogP contribution in [0.15, 0.2) is 27.8 Å². The molecule has 1 aliphatic heterocycles. The number of nitrogens with zero attached hydrogens (tertiary/aromatic N) is 7. The van der Waals surface area contributed by atoms with Crippen LogP contribution in [-0.4, -0.2) is 74.7 Å². The zero-order valence-electron chi connectivity index (χ0n) is 17.7. The highest BCUT2D eigenvalue weighted by Crippen LogP contribution is 2.19. The Morgan fingerprint density at radius 1 is 1.26 bits per heavy atom. The number of anilines is 1. The van der Waals surface area contributed by atoms with E-state index in [4.69, 9.17) is 9.41 Å². The minimum absolute atomic E-state index is 0. The molecule has 0 atom stereocenters. The predicted molar refractivity (Wildman–Crippen MR) is 132 cm³/mol. The van der Waals surface area contributed by atoms with Crippen LogP contribution in [0.1, 0.15) is 25.5 Å². The number of nitrogens with one attached hydrogen (secondary N) is 2.